The van der Waals surface area contributed by atoms with Gasteiger partial charge in [-0.1, -0.05) is 41.4 Å². The van der Waals surface area contributed by atoms with Crippen LogP contribution in [-0.4, -0.2) is 21.7 Å². The molecule has 1 aliphatic heterocycles. The van der Waals surface area contributed by atoms with Gasteiger partial charge in [-0.25, -0.2) is 4.99 Å². The van der Waals surface area contributed by atoms with E-state index >= 15 is 0 Å². The highest BCUT2D eigenvalue weighted by atomic mass is 35.5. The topological polar surface area (TPSA) is 75.5 Å². The molecule has 0 unspecified atom stereocenters. The van der Waals surface area contributed by atoms with Crippen LogP contribution in [-0.2, 0) is 4.79 Å². The summed E-state index contributed by atoms with van der Waals surface area (Å²) in [6.07, 6.45) is 1.78. The van der Waals surface area contributed by atoms with Crippen molar-refractivity contribution in [1.82, 2.24) is 9.99 Å². The van der Waals surface area contributed by atoms with E-state index in [1.165, 1.54) is 11.8 Å². The minimum absolute atomic E-state index is 0.212. The van der Waals surface area contributed by atoms with Gasteiger partial charge in [0.25, 0.3) is 11.8 Å². The van der Waals surface area contributed by atoms with Crippen molar-refractivity contribution in [2.45, 2.75) is 13.8 Å². The Morgan fingerprint density at radius 3 is 2.56 bits per heavy atom. The third kappa shape index (κ3) is 4.75. The van der Waals surface area contributed by atoms with Gasteiger partial charge in [-0.3, -0.25) is 19.7 Å². The maximum atomic E-state index is 12.5. The molecule has 2 heterocycles. The molecule has 2 amide bonds. The molecule has 6 nitrogen and oxygen atoms in total. The zero-order chi connectivity index (χ0) is 22.8. The minimum Gasteiger partial charge on any atom is -0.300 e. The number of aliphatic imine (C=N–C) groups is 1. The van der Waals surface area contributed by atoms with Crippen LogP contribution >= 0.6 is 35.0 Å². The minimum atomic E-state index is -0.244. The van der Waals surface area contributed by atoms with E-state index in [-0.39, 0.29) is 11.8 Å². The van der Waals surface area contributed by atoms with Crippen molar-refractivity contribution in [3.05, 3.63) is 92.1 Å². The number of hydrogen-bond donors (Lipinski definition) is 2. The monoisotopic (exact) mass is 484 g/mol. The number of thioether (sulfide) groups is 1. The highest BCUT2D eigenvalue weighted by molar-refractivity contribution is 8.18. The number of aryl methyl sites for hydroxylation is 1. The van der Waals surface area contributed by atoms with Gasteiger partial charge in [-0.15, -0.1) is 0 Å². The number of nitrogens with zero attached hydrogens (tertiary/aromatic N) is 2. The van der Waals surface area contributed by atoms with E-state index in [0.717, 1.165) is 17.0 Å². The summed E-state index contributed by atoms with van der Waals surface area (Å²) in [6.45, 7) is 3.77. The molecule has 1 saturated heterocycles. The Balaban J connectivity index is 1.55. The molecule has 0 spiro atoms. The van der Waals surface area contributed by atoms with Gasteiger partial charge in [0.15, 0.2) is 5.17 Å². The number of halogens is 2. The lowest BCUT2D eigenvalue weighted by Crippen LogP contribution is -2.24. The van der Waals surface area contributed by atoms with E-state index < -0.39 is 0 Å². The first-order chi connectivity index (χ1) is 15.3. The van der Waals surface area contributed by atoms with Gasteiger partial charge in [0.05, 0.1) is 20.6 Å². The Kier molecular flexibility index (Phi) is 6.41. The normalized spacial score (nSPS) is 15.9. The molecule has 0 atom stereocenters. The molecule has 1 fully saturated rings. The largest absolute Gasteiger partial charge is 0.300 e. The summed E-state index contributed by atoms with van der Waals surface area (Å²) in [6, 6.07) is 15.9. The molecule has 1 aromatic heterocycles. The number of carbonyl (C=O) groups excluding carboxylic acids is 2. The van der Waals surface area contributed by atoms with Gasteiger partial charge < -0.3 is 5.32 Å². The van der Waals surface area contributed by atoms with Gasteiger partial charge in [0.2, 0.25) is 0 Å². The van der Waals surface area contributed by atoms with Crippen LogP contribution in [0.2, 0.25) is 10.0 Å². The molecule has 2 aromatic carbocycles. The highest BCUT2D eigenvalue weighted by Gasteiger charge is 2.25. The molecule has 0 bridgehead atoms. The molecule has 0 radical (unpaired) electrons. The van der Waals surface area contributed by atoms with E-state index in [0.29, 0.717) is 31.4 Å². The smallest absolute Gasteiger partial charge is 0.270 e. The summed E-state index contributed by atoms with van der Waals surface area (Å²) in [5.41, 5.74) is 6.52. The summed E-state index contributed by atoms with van der Waals surface area (Å²) in [4.78, 5) is 29.9. The van der Waals surface area contributed by atoms with Crippen molar-refractivity contribution in [3.8, 4) is 0 Å². The standard InChI is InChI=1S/C23H18Cl2N4O2S/c1-13-10-16(14(2)29(13)28-21(30)15-6-4-3-5-7-15)11-20-22(31)27-23(32-20)26-17-8-9-18(24)19(25)12-17/h3-12H,1-2H3,(H,28,30)(H,26,27,31)/b20-11-. The summed E-state index contributed by atoms with van der Waals surface area (Å²) in [7, 11) is 0. The zero-order valence-corrected chi connectivity index (χ0v) is 19.5. The summed E-state index contributed by atoms with van der Waals surface area (Å²) >= 11 is 13.2. The first-order valence-corrected chi connectivity index (χ1v) is 11.2. The lowest BCUT2D eigenvalue weighted by molar-refractivity contribution is -0.115. The Hall–Kier alpha value is -3.00. The van der Waals surface area contributed by atoms with Crippen LogP contribution in [0.5, 0.6) is 0 Å². The average molecular weight is 485 g/mol. The molecule has 0 saturated carbocycles. The fourth-order valence-corrected chi connectivity index (χ4v) is 4.28. The SMILES string of the molecule is Cc1cc(/C=C2\SC(=Nc3ccc(Cl)c(Cl)c3)NC2=O)c(C)n1NC(=O)c1ccccc1. The van der Waals surface area contributed by atoms with Crippen molar-refractivity contribution in [3.63, 3.8) is 0 Å². The van der Waals surface area contributed by atoms with Crippen molar-refractivity contribution in [1.29, 1.82) is 0 Å². The zero-order valence-electron chi connectivity index (χ0n) is 17.1. The Bertz CT molecular complexity index is 1280. The van der Waals surface area contributed by atoms with Crippen molar-refractivity contribution >= 4 is 63.7 Å². The van der Waals surface area contributed by atoms with Crippen LogP contribution in [0.15, 0.2) is 64.5 Å². The quantitative estimate of drug-likeness (QED) is 0.467. The number of rotatable bonds is 4. The number of aromatic nitrogens is 1. The summed E-state index contributed by atoms with van der Waals surface area (Å²) in [5.74, 6) is -0.456. The van der Waals surface area contributed by atoms with Crippen LogP contribution in [0.25, 0.3) is 6.08 Å². The molecular formula is C23H18Cl2N4O2S. The maximum absolute atomic E-state index is 12.5. The Labute approximate surface area is 199 Å². The molecule has 1 aliphatic rings. The van der Waals surface area contributed by atoms with Crippen molar-refractivity contribution < 1.29 is 9.59 Å². The van der Waals surface area contributed by atoms with Gasteiger partial charge >= 0.3 is 0 Å². The fourth-order valence-electron chi connectivity index (χ4n) is 3.16. The number of benzene rings is 2. The molecule has 3 aromatic rings. The fraction of sp³-hybridized carbons (Fsp3) is 0.0870. The van der Waals surface area contributed by atoms with Gasteiger partial charge in [-0.05, 0) is 73.6 Å². The number of nitrogens with one attached hydrogen (secondary N) is 2. The van der Waals surface area contributed by atoms with Crippen LogP contribution < -0.4 is 10.7 Å². The Morgan fingerprint density at radius 2 is 1.84 bits per heavy atom. The third-order valence-corrected chi connectivity index (χ3v) is 6.44. The number of carbonyl (C=O) groups is 2. The predicted octanol–water partition coefficient (Wildman–Crippen LogP) is 5.69. The maximum Gasteiger partial charge on any atom is 0.270 e. The number of hydrogen-bond acceptors (Lipinski definition) is 4. The summed E-state index contributed by atoms with van der Waals surface area (Å²) < 4.78 is 1.71. The first-order valence-electron chi connectivity index (χ1n) is 9.62. The Morgan fingerprint density at radius 1 is 1.09 bits per heavy atom. The second-order valence-corrected chi connectivity index (χ2v) is 8.89. The van der Waals surface area contributed by atoms with Crippen LogP contribution in [0.3, 0.4) is 0 Å². The van der Waals surface area contributed by atoms with Gasteiger partial charge in [-0.2, -0.15) is 0 Å². The van der Waals surface area contributed by atoms with E-state index in [1.807, 2.05) is 38.1 Å². The van der Waals surface area contributed by atoms with E-state index in [4.69, 9.17) is 23.2 Å². The molecule has 2 N–H and O–H groups in total. The number of amidine groups is 1. The van der Waals surface area contributed by atoms with Crippen LogP contribution in [0.1, 0.15) is 27.3 Å². The second-order valence-electron chi connectivity index (χ2n) is 7.05. The molecule has 32 heavy (non-hydrogen) atoms. The van der Waals surface area contributed by atoms with Crippen LogP contribution in [0.4, 0.5) is 5.69 Å². The second kappa shape index (κ2) is 9.24. The molecule has 162 valence electrons. The van der Waals surface area contributed by atoms with Crippen molar-refractivity contribution in [2.75, 3.05) is 5.43 Å². The lowest BCUT2D eigenvalue weighted by Gasteiger charge is -2.11. The molecule has 9 heteroatoms. The van der Waals surface area contributed by atoms with Gasteiger partial charge in [0, 0.05) is 17.0 Å². The molecule has 0 aliphatic carbocycles. The van der Waals surface area contributed by atoms with Gasteiger partial charge in [0.1, 0.15) is 0 Å². The highest BCUT2D eigenvalue weighted by Crippen LogP contribution is 2.31. The lowest BCUT2D eigenvalue weighted by atomic mass is 10.2. The van der Waals surface area contributed by atoms with E-state index in [1.54, 1.807) is 41.1 Å². The summed E-state index contributed by atoms with van der Waals surface area (Å²) in [5, 5.41) is 4.04. The molecular weight excluding hydrogens is 467 g/mol. The predicted molar refractivity (Wildman–Crippen MR) is 131 cm³/mol. The van der Waals surface area contributed by atoms with E-state index in [2.05, 4.69) is 15.7 Å². The molecule has 4 rings (SSSR count). The first kappa shape index (κ1) is 22.2. The number of amides is 2. The average Bonchev–Trinajstić information content (AvgIpc) is 3.24. The van der Waals surface area contributed by atoms with Crippen LogP contribution in [0, 0.1) is 13.8 Å². The third-order valence-electron chi connectivity index (χ3n) is 4.79. The van der Waals surface area contributed by atoms with E-state index in [9.17, 15) is 9.59 Å². The van der Waals surface area contributed by atoms with Crippen molar-refractivity contribution in [2.24, 2.45) is 4.99 Å².